The zero-order chi connectivity index (χ0) is 18.1. The first-order valence-corrected chi connectivity index (χ1v) is 9.34. The van der Waals surface area contributed by atoms with Gasteiger partial charge in [-0.1, -0.05) is 12.5 Å². The van der Waals surface area contributed by atoms with E-state index in [2.05, 4.69) is 26.8 Å². The van der Waals surface area contributed by atoms with Crippen LogP contribution < -0.4 is 10.7 Å². The monoisotopic (exact) mass is 355 g/mol. The Hall–Kier alpha value is -2.41. The van der Waals surface area contributed by atoms with Crippen molar-refractivity contribution in [2.75, 3.05) is 32.0 Å². The number of piperidine rings is 1. The third-order valence-electron chi connectivity index (χ3n) is 5.44. The summed E-state index contributed by atoms with van der Waals surface area (Å²) in [5.41, 5.74) is 6.53. The van der Waals surface area contributed by atoms with E-state index in [1.165, 1.54) is 19.3 Å². The van der Waals surface area contributed by atoms with Gasteiger partial charge in [0.05, 0.1) is 5.71 Å². The van der Waals surface area contributed by atoms with E-state index >= 15 is 0 Å². The first-order valence-electron chi connectivity index (χ1n) is 9.34. The average molecular weight is 355 g/mol. The van der Waals surface area contributed by atoms with Gasteiger partial charge < -0.3 is 15.1 Å². The van der Waals surface area contributed by atoms with Crippen LogP contribution in [0.15, 0.2) is 23.3 Å². The second-order valence-corrected chi connectivity index (χ2v) is 7.45. The number of hydrogen-bond donors (Lipinski definition) is 2. The summed E-state index contributed by atoms with van der Waals surface area (Å²) in [6, 6.07) is 5.93. The standard InChI is InChI=1S/C19H25N5O2/c1-23-11-14-9-13(5-6-16(14)20-19(23)26)18-15(10-17(25)21-22-18)12-24-7-3-2-4-8-24/h5-6,9,15H,2-4,7-8,10-12H2,1H3,(H,20,26)(H,21,25). The minimum absolute atomic E-state index is 0.0132. The van der Waals surface area contributed by atoms with E-state index in [0.717, 1.165) is 42.2 Å². The Morgan fingerprint density at radius 1 is 1.19 bits per heavy atom. The lowest BCUT2D eigenvalue weighted by molar-refractivity contribution is -0.122. The Morgan fingerprint density at radius 3 is 2.81 bits per heavy atom. The number of benzene rings is 1. The van der Waals surface area contributed by atoms with Crippen LogP contribution >= 0.6 is 0 Å². The first kappa shape index (κ1) is 17.0. The molecule has 0 saturated carbocycles. The molecule has 138 valence electrons. The van der Waals surface area contributed by atoms with Crippen LogP contribution in [0.3, 0.4) is 0 Å². The van der Waals surface area contributed by atoms with Crippen molar-refractivity contribution in [2.45, 2.75) is 32.2 Å². The number of carbonyl (C=O) groups is 2. The van der Waals surface area contributed by atoms with E-state index < -0.39 is 0 Å². The SMILES string of the molecule is CN1Cc2cc(C3=NNC(=O)CC3CN3CCCCC3)ccc2NC1=O. The highest BCUT2D eigenvalue weighted by atomic mass is 16.2. The third kappa shape index (κ3) is 3.44. The van der Waals surface area contributed by atoms with Crippen molar-refractivity contribution in [3.63, 3.8) is 0 Å². The maximum absolute atomic E-state index is 11.9. The summed E-state index contributed by atoms with van der Waals surface area (Å²) in [6.45, 7) is 3.66. The molecule has 1 fully saturated rings. The molecule has 3 heterocycles. The molecule has 0 spiro atoms. The van der Waals surface area contributed by atoms with Gasteiger partial charge in [0, 0.05) is 38.2 Å². The molecule has 2 N–H and O–H groups in total. The van der Waals surface area contributed by atoms with Crippen molar-refractivity contribution in [3.8, 4) is 0 Å². The van der Waals surface area contributed by atoms with Gasteiger partial charge in [0.1, 0.15) is 0 Å². The Balaban J connectivity index is 1.58. The molecule has 0 aliphatic carbocycles. The minimum Gasteiger partial charge on any atom is -0.323 e. The number of fused-ring (bicyclic) bond motifs is 1. The summed E-state index contributed by atoms with van der Waals surface area (Å²) in [5.74, 6) is 0.0940. The van der Waals surface area contributed by atoms with Gasteiger partial charge >= 0.3 is 6.03 Å². The van der Waals surface area contributed by atoms with Crippen LogP contribution in [0.4, 0.5) is 10.5 Å². The van der Waals surface area contributed by atoms with E-state index in [0.29, 0.717) is 13.0 Å². The topological polar surface area (TPSA) is 77.0 Å². The molecule has 3 amide bonds. The van der Waals surface area contributed by atoms with E-state index in [1.54, 1.807) is 11.9 Å². The normalized spacial score (nSPS) is 23.8. The number of carbonyl (C=O) groups excluding carboxylic acids is 2. The number of anilines is 1. The molecule has 4 rings (SSSR count). The van der Waals surface area contributed by atoms with E-state index in [9.17, 15) is 9.59 Å². The van der Waals surface area contributed by atoms with Gasteiger partial charge in [0.25, 0.3) is 0 Å². The summed E-state index contributed by atoms with van der Waals surface area (Å²) < 4.78 is 0. The molecule has 0 bridgehead atoms. The van der Waals surface area contributed by atoms with Crippen molar-refractivity contribution >= 4 is 23.3 Å². The van der Waals surface area contributed by atoms with Crippen molar-refractivity contribution in [1.29, 1.82) is 0 Å². The smallest absolute Gasteiger partial charge is 0.321 e. The van der Waals surface area contributed by atoms with Crippen molar-refractivity contribution in [2.24, 2.45) is 11.0 Å². The average Bonchev–Trinajstić information content (AvgIpc) is 2.63. The van der Waals surface area contributed by atoms with Crippen molar-refractivity contribution in [3.05, 3.63) is 29.3 Å². The van der Waals surface area contributed by atoms with Gasteiger partial charge in [-0.2, -0.15) is 5.10 Å². The summed E-state index contributed by atoms with van der Waals surface area (Å²) in [6.07, 6.45) is 4.24. The van der Waals surface area contributed by atoms with Gasteiger partial charge in [0.2, 0.25) is 5.91 Å². The van der Waals surface area contributed by atoms with Gasteiger partial charge in [-0.05, 0) is 49.2 Å². The maximum Gasteiger partial charge on any atom is 0.321 e. The molecule has 1 aromatic carbocycles. The Morgan fingerprint density at radius 2 is 2.00 bits per heavy atom. The van der Waals surface area contributed by atoms with E-state index in [4.69, 9.17) is 0 Å². The first-order chi connectivity index (χ1) is 12.6. The molecular formula is C19H25N5O2. The molecule has 1 atom stereocenters. The van der Waals surface area contributed by atoms with Crippen LogP contribution in [0.5, 0.6) is 0 Å². The van der Waals surface area contributed by atoms with Crippen LogP contribution in [-0.2, 0) is 11.3 Å². The molecule has 1 unspecified atom stereocenters. The Labute approximate surface area is 153 Å². The zero-order valence-electron chi connectivity index (χ0n) is 15.1. The summed E-state index contributed by atoms with van der Waals surface area (Å²) in [5, 5.41) is 7.29. The Bertz CT molecular complexity index is 754. The molecule has 0 aromatic heterocycles. The molecule has 1 aromatic rings. The van der Waals surface area contributed by atoms with Gasteiger partial charge in [0.15, 0.2) is 0 Å². The highest BCUT2D eigenvalue weighted by molar-refractivity contribution is 6.06. The number of hydrazone groups is 1. The molecule has 7 heteroatoms. The molecule has 26 heavy (non-hydrogen) atoms. The second kappa shape index (κ2) is 7.07. The van der Waals surface area contributed by atoms with Gasteiger partial charge in [-0.15, -0.1) is 0 Å². The predicted octanol–water partition coefficient (Wildman–Crippen LogP) is 1.99. The summed E-state index contributed by atoms with van der Waals surface area (Å²) in [4.78, 5) is 27.8. The zero-order valence-corrected chi connectivity index (χ0v) is 15.1. The van der Waals surface area contributed by atoms with E-state index in [1.807, 2.05) is 12.1 Å². The van der Waals surface area contributed by atoms with Crippen molar-refractivity contribution < 1.29 is 9.59 Å². The molecule has 1 saturated heterocycles. The van der Waals surface area contributed by atoms with Crippen LogP contribution in [0.2, 0.25) is 0 Å². The quantitative estimate of drug-likeness (QED) is 0.870. The summed E-state index contributed by atoms with van der Waals surface area (Å²) >= 11 is 0. The third-order valence-corrected chi connectivity index (χ3v) is 5.44. The Kier molecular flexibility index (Phi) is 4.63. The highest BCUT2D eigenvalue weighted by Crippen LogP contribution is 2.27. The highest BCUT2D eigenvalue weighted by Gasteiger charge is 2.29. The lowest BCUT2D eigenvalue weighted by Crippen LogP contribution is -2.42. The lowest BCUT2D eigenvalue weighted by Gasteiger charge is -2.32. The number of nitrogens with one attached hydrogen (secondary N) is 2. The fourth-order valence-corrected chi connectivity index (χ4v) is 4.03. The predicted molar refractivity (Wildman–Crippen MR) is 100 cm³/mol. The van der Waals surface area contributed by atoms with Crippen LogP contribution in [0.1, 0.15) is 36.8 Å². The van der Waals surface area contributed by atoms with Crippen molar-refractivity contribution in [1.82, 2.24) is 15.2 Å². The largest absolute Gasteiger partial charge is 0.323 e. The molecule has 3 aliphatic heterocycles. The maximum atomic E-state index is 11.9. The fourth-order valence-electron chi connectivity index (χ4n) is 4.03. The minimum atomic E-state index is -0.0875. The van der Waals surface area contributed by atoms with Crippen LogP contribution in [0.25, 0.3) is 0 Å². The number of amides is 3. The molecule has 3 aliphatic rings. The molecular weight excluding hydrogens is 330 g/mol. The van der Waals surface area contributed by atoms with Gasteiger partial charge in [-0.3, -0.25) is 4.79 Å². The molecule has 7 nitrogen and oxygen atoms in total. The number of nitrogens with zero attached hydrogens (tertiary/aromatic N) is 3. The lowest BCUT2D eigenvalue weighted by atomic mass is 9.90. The second-order valence-electron chi connectivity index (χ2n) is 7.45. The fraction of sp³-hybridized carbons (Fsp3) is 0.526. The number of likely N-dealkylation sites (tertiary alicyclic amines) is 1. The van der Waals surface area contributed by atoms with Gasteiger partial charge in [-0.25, -0.2) is 10.2 Å². The molecule has 0 radical (unpaired) electrons. The number of hydrogen-bond acceptors (Lipinski definition) is 4. The van der Waals surface area contributed by atoms with Crippen LogP contribution in [0, 0.1) is 5.92 Å². The number of rotatable bonds is 3. The van der Waals surface area contributed by atoms with Crippen LogP contribution in [-0.4, -0.2) is 54.1 Å². The number of urea groups is 1. The summed E-state index contributed by atoms with van der Waals surface area (Å²) in [7, 11) is 1.78. The van der Waals surface area contributed by atoms with E-state index in [-0.39, 0.29) is 17.9 Å².